The van der Waals surface area contributed by atoms with Crippen LogP contribution in [0.3, 0.4) is 0 Å². The predicted octanol–water partition coefficient (Wildman–Crippen LogP) is 3.25. The Balaban J connectivity index is 2.03. The van der Waals surface area contributed by atoms with Gasteiger partial charge in [0.2, 0.25) is 5.78 Å². The third-order valence-corrected chi connectivity index (χ3v) is 2.82. The maximum absolute atomic E-state index is 12.2. The van der Waals surface area contributed by atoms with E-state index in [0.717, 1.165) is 11.0 Å². The molecule has 0 bridgehead atoms. The molecule has 1 heterocycles. The van der Waals surface area contributed by atoms with Crippen LogP contribution in [0.5, 0.6) is 0 Å². The Morgan fingerprint density at radius 2 is 1.72 bits per heavy atom. The van der Waals surface area contributed by atoms with Crippen LogP contribution in [0.4, 0.5) is 5.69 Å². The predicted molar refractivity (Wildman–Crippen MR) is 70.5 cm³/mol. The second kappa shape index (κ2) is 4.04. The molecule has 0 saturated heterocycles. The fourth-order valence-electron chi connectivity index (χ4n) is 1.87. The van der Waals surface area contributed by atoms with Gasteiger partial charge in [0.1, 0.15) is 5.58 Å². The lowest BCUT2D eigenvalue weighted by atomic mass is 10.1. The van der Waals surface area contributed by atoms with E-state index in [1.54, 1.807) is 30.3 Å². The van der Waals surface area contributed by atoms with Crippen molar-refractivity contribution in [1.29, 1.82) is 0 Å². The first-order valence-electron chi connectivity index (χ1n) is 5.63. The summed E-state index contributed by atoms with van der Waals surface area (Å²) in [6.45, 7) is 0. The first kappa shape index (κ1) is 10.6. The van der Waals surface area contributed by atoms with Gasteiger partial charge in [0.25, 0.3) is 0 Å². The van der Waals surface area contributed by atoms with Gasteiger partial charge >= 0.3 is 0 Å². The molecule has 88 valence electrons. The Kier molecular flexibility index (Phi) is 2.38. The molecule has 0 aliphatic heterocycles. The van der Waals surface area contributed by atoms with E-state index in [2.05, 4.69) is 0 Å². The number of fused-ring (bicyclic) bond motifs is 1. The molecule has 3 aromatic rings. The number of ketones is 1. The molecule has 1 aromatic heterocycles. The summed E-state index contributed by atoms with van der Waals surface area (Å²) in [5.74, 6) is 0.215. The quantitative estimate of drug-likeness (QED) is 0.549. The maximum atomic E-state index is 12.2. The van der Waals surface area contributed by atoms with E-state index in [1.807, 2.05) is 24.3 Å². The van der Waals surface area contributed by atoms with Gasteiger partial charge in [-0.15, -0.1) is 0 Å². The molecule has 0 spiro atoms. The van der Waals surface area contributed by atoms with Gasteiger partial charge in [-0.25, -0.2) is 0 Å². The zero-order chi connectivity index (χ0) is 12.5. The van der Waals surface area contributed by atoms with Crippen LogP contribution >= 0.6 is 0 Å². The van der Waals surface area contributed by atoms with E-state index in [9.17, 15) is 4.79 Å². The van der Waals surface area contributed by atoms with Crippen molar-refractivity contribution in [3.05, 3.63) is 65.9 Å². The van der Waals surface area contributed by atoms with Gasteiger partial charge < -0.3 is 10.2 Å². The number of hydrogen-bond acceptors (Lipinski definition) is 3. The van der Waals surface area contributed by atoms with Crippen LogP contribution in [-0.4, -0.2) is 5.78 Å². The topological polar surface area (TPSA) is 56.2 Å². The van der Waals surface area contributed by atoms with E-state index >= 15 is 0 Å². The summed E-state index contributed by atoms with van der Waals surface area (Å²) in [5, 5.41) is 0.927. The van der Waals surface area contributed by atoms with E-state index in [1.165, 1.54) is 0 Å². The molecular weight excluding hydrogens is 226 g/mol. The van der Waals surface area contributed by atoms with E-state index in [-0.39, 0.29) is 5.78 Å². The fourth-order valence-corrected chi connectivity index (χ4v) is 1.87. The molecule has 3 heteroatoms. The van der Waals surface area contributed by atoms with Gasteiger partial charge in [0, 0.05) is 16.6 Å². The van der Waals surface area contributed by atoms with Crippen molar-refractivity contribution < 1.29 is 9.21 Å². The number of carbonyl (C=O) groups excluding carboxylic acids is 1. The molecule has 0 atom stereocenters. The summed E-state index contributed by atoms with van der Waals surface area (Å²) >= 11 is 0. The Morgan fingerprint density at radius 3 is 2.44 bits per heavy atom. The lowest BCUT2D eigenvalue weighted by Gasteiger charge is -1.97. The third-order valence-electron chi connectivity index (χ3n) is 2.82. The number of nitrogens with two attached hydrogens (primary N) is 1. The van der Waals surface area contributed by atoms with E-state index in [0.29, 0.717) is 17.0 Å². The molecule has 18 heavy (non-hydrogen) atoms. The van der Waals surface area contributed by atoms with Crippen LogP contribution in [0, 0.1) is 0 Å². The summed E-state index contributed by atoms with van der Waals surface area (Å²) in [7, 11) is 0. The number of nitrogen functional groups attached to an aromatic ring is 1. The summed E-state index contributed by atoms with van der Waals surface area (Å²) in [5.41, 5.74) is 7.52. The highest BCUT2D eigenvalue weighted by atomic mass is 16.3. The van der Waals surface area contributed by atoms with Crippen molar-refractivity contribution in [2.24, 2.45) is 0 Å². The number of benzene rings is 2. The van der Waals surface area contributed by atoms with Crippen LogP contribution in [0.15, 0.2) is 59.0 Å². The lowest BCUT2D eigenvalue weighted by molar-refractivity contribution is 0.101. The van der Waals surface area contributed by atoms with E-state index < -0.39 is 0 Å². The van der Waals surface area contributed by atoms with E-state index in [4.69, 9.17) is 10.2 Å². The largest absolute Gasteiger partial charge is 0.453 e. The fraction of sp³-hybridized carbons (Fsp3) is 0. The van der Waals surface area contributed by atoms with Crippen molar-refractivity contribution >= 4 is 22.4 Å². The van der Waals surface area contributed by atoms with Gasteiger partial charge in [-0.05, 0) is 36.4 Å². The number of hydrogen-bond donors (Lipinski definition) is 1. The number of furan rings is 1. The number of rotatable bonds is 2. The Hall–Kier alpha value is -2.55. The van der Waals surface area contributed by atoms with Crippen molar-refractivity contribution in [2.75, 3.05) is 5.73 Å². The Morgan fingerprint density at radius 1 is 1.00 bits per heavy atom. The van der Waals surface area contributed by atoms with Gasteiger partial charge in [-0.2, -0.15) is 0 Å². The lowest BCUT2D eigenvalue weighted by Crippen LogP contribution is -1.99. The van der Waals surface area contributed by atoms with Gasteiger partial charge in [0.05, 0.1) is 0 Å². The van der Waals surface area contributed by atoms with Crippen LogP contribution < -0.4 is 5.73 Å². The van der Waals surface area contributed by atoms with Gasteiger partial charge in [-0.3, -0.25) is 4.79 Å². The maximum Gasteiger partial charge on any atom is 0.228 e. The summed E-state index contributed by atoms with van der Waals surface area (Å²) in [6, 6.07) is 16.1. The van der Waals surface area contributed by atoms with Crippen molar-refractivity contribution in [3.63, 3.8) is 0 Å². The summed E-state index contributed by atoms with van der Waals surface area (Å²) in [4.78, 5) is 12.2. The second-order valence-corrected chi connectivity index (χ2v) is 4.10. The van der Waals surface area contributed by atoms with Gasteiger partial charge in [-0.1, -0.05) is 18.2 Å². The molecular formula is C15H11NO2. The van der Waals surface area contributed by atoms with Crippen LogP contribution in [-0.2, 0) is 0 Å². The minimum absolute atomic E-state index is 0.133. The SMILES string of the molecule is Nc1ccc(C(=O)c2cc3ccccc3o2)cc1. The smallest absolute Gasteiger partial charge is 0.228 e. The number of anilines is 1. The normalized spacial score (nSPS) is 10.7. The minimum atomic E-state index is -0.133. The highest BCUT2D eigenvalue weighted by Crippen LogP contribution is 2.21. The van der Waals surface area contributed by atoms with Gasteiger partial charge in [0.15, 0.2) is 5.76 Å². The Bertz CT molecular complexity index is 678. The standard InChI is InChI=1S/C15H11NO2/c16-12-7-5-10(6-8-12)15(17)14-9-11-3-1-2-4-13(11)18-14/h1-9H,16H2. The molecule has 3 rings (SSSR count). The average Bonchev–Trinajstić information content (AvgIpc) is 2.82. The van der Waals surface area contributed by atoms with Crippen LogP contribution in [0.1, 0.15) is 16.1 Å². The molecule has 0 unspecified atom stereocenters. The Labute approximate surface area is 104 Å². The van der Waals surface area contributed by atoms with Crippen molar-refractivity contribution in [1.82, 2.24) is 0 Å². The summed E-state index contributed by atoms with van der Waals surface area (Å²) < 4.78 is 5.53. The highest BCUT2D eigenvalue weighted by molar-refractivity contribution is 6.09. The molecule has 0 radical (unpaired) electrons. The summed E-state index contributed by atoms with van der Waals surface area (Å²) in [6.07, 6.45) is 0. The van der Waals surface area contributed by atoms with Crippen molar-refractivity contribution in [2.45, 2.75) is 0 Å². The molecule has 0 saturated carbocycles. The molecule has 2 N–H and O–H groups in total. The number of carbonyl (C=O) groups is 1. The molecule has 0 aliphatic rings. The monoisotopic (exact) mass is 237 g/mol. The number of para-hydroxylation sites is 1. The molecule has 0 aliphatic carbocycles. The molecule has 2 aromatic carbocycles. The van der Waals surface area contributed by atoms with Crippen LogP contribution in [0.25, 0.3) is 11.0 Å². The van der Waals surface area contributed by atoms with Crippen LogP contribution in [0.2, 0.25) is 0 Å². The molecule has 3 nitrogen and oxygen atoms in total. The second-order valence-electron chi connectivity index (χ2n) is 4.10. The highest BCUT2D eigenvalue weighted by Gasteiger charge is 2.13. The minimum Gasteiger partial charge on any atom is -0.453 e. The zero-order valence-corrected chi connectivity index (χ0v) is 9.59. The molecule has 0 amide bonds. The van der Waals surface area contributed by atoms with Crippen molar-refractivity contribution in [3.8, 4) is 0 Å². The average molecular weight is 237 g/mol. The zero-order valence-electron chi connectivity index (χ0n) is 9.59. The first-order valence-corrected chi connectivity index (χ1v) is 5.63. The molecule has 0 fully saturated rings. The third kappa shape index (κ3) is 1.76. The first-order chi connectivity index (χ1) is 8.74.